The van der Waals surface area contributed by atoms with Gasteiger partial charge >= 0.3 is 5.97 Å². The normalized spacial score (nSPS) is 13.6. The molecule has 1 aliphatic carbocycles. The minimum absolute atomic E-state index is 0.105. The van der Waals surface area contributed by atoms with Crippen LogP contribution in [-0.4, -0.2) is 38.3 Å². The molecule has 0 spiro atoms. The number of aromatic carboxylic acids is 1. The fourth-order valence-electron chi connectivity index (χ4n) is 4.03. The molecule has 0 amide bonds. The second-order valence-electron chi connectivity index (χ2n) is 7.33. The van der Waals surface area contributed by atoms with Crippen LogP contribution in [0.2, 0.25) is 0 Å². The predicted molar refractivity (Wildman–Crippen MR) is 115 cm³/mol. The molecule has 0 bridgehead atoms. The van der Waals surface area contributed by atoms with Gasteiger partial charge in [-0.25, -0.2) is 19.2 Å². The Morgan fingerprint density at radius 2 is 2.00 bits per heavy atom. The summed E-state index contributed by atoms with van der Waals surface area (Å²) in [5.74, 6) is -0.418. The highest BCUT2D eigenvalue weighted by Crippen LogP contribution is 2.33. The molecular formula is C22H19FN4O2S. The summed E-state index contributed by atoms with van der Waals surface area (Å²) in [4.78, 5) is 21.3. The van der Waals surface area contributed by atoms with Gasteiger partial charge in [0.15, 0.2) is 11.0 Å². The molecule has 0 saturated carbocycles. The number of carbonyl (C=O) groups is 1. The lowest BCUT2D eigenvalue weighted by atomic mass is 10.1. The Morgan fingerprint density at radius 3 is 2.70 bits per heavy atom. The van der Waals surface area contributed by atoms with Crippen molar-refractivity contribution in [1.29, 1.82) is 0 Å². The quantitative estimate of drug-likeness (QED) is 0.481. The van der Waals surface area contributed by atoms with Crippen LogP contribution < -0.4 is 5.32 Å². The minimum atomic E-state index is -1.02. The Bertz CT molecular complexity index is 1220. The van der Waals surface area contributed by atoms with Crippen LogP contribution in [0, 0.1) is 0 Å². The number of carboxylic acids is 1. The number of fused-ring (bicyclic) bond motifs is 2. The summed E-state index contributed by atoms with van der Waals surface area (Å²) in [7, 11) is 0. The summed E-state index contributed by atoms with van der Waals surface area (Å²) in [6, 6.07) is 13.5. The SMILES string of the molecule is O=C(O)c1ccc2nc(-c3cnc(NC4Cc5ccccc5C4)s3)n(CCF)c2c1. The van der Waals surface area contributed by atoms with Crippen LogP contribution >= 0.6 is 11.3 Å². The molecule has 30 heavy (non-hydrogen) atoms. The maximum Gasteiger partial charge on any atom is 0.335 e. The standard InChI is InChI=1S/C22H19FN4O2S/c23-7-8-27-18-11-15(21(28)29)5-6-17(18)26-20(27)19-12-24-22(30-19)25-16-9-13-3-1-2-4-14(13)10-16/h1-6,11-12,16H,7-10H2,(H,24,25)(H,28,29). The molecule has 5 rings (SSSR count). The molecule has 2 N–H and O–H groups in total. The zero-order chi connectivity index (χ0) is 20.7. The summed E-state index contributed by atoms with van der Waals surface area (Å²) in [5, 5.41) is 13.6. The molecule has 0 aliphatic heterocycles. The Balaban J connectivity index is 1.44. The first-order valence-electron chi connectivity index (χ1n) is 9.71. The van der Waals surface area contributed by atoms with Crippen molar-refractivity contribution in [3.63, 3.8) is 0 Å². The van der Waals surface area contributed by atoms with Crippen molar-refractivity contribution >= 4 is 33.5 Å². The molecule has 0 saturated heterocycles. The van der Waals surface area contributed by atoms with Crippen molar-refractivity contribution in [2.75, 3.05) is 12.0 Å². The summed E-state index contributed by atoms with van der Waals surface area (Å²) < 4.78 is 15.0. The third kappa shape index (κ3) is 3.33. The van der Waals surface area contributed by atoms with E-state index in [4.69, 9.17) is 0 Å². The van der Waals surface area contributed by atoms with Gasteiger partial charge in [-0.2, -0.15) is 0 Å². The van der Waals surface area contributed by atoms with Gasteiger partial charge in [0.2, 0.25) is 0 Å². The zero-order valence-corrected chi connectivity index (χ0v) is 16.8. The van der Waals surface area contributed by atoms with Crippen molar-refractivity contribution in [3.8, 4) is 10.7 Å². The maximum absolute atomic E-state index is 13.3. The van der Waals surface area contributed by atoms with E-state index in [0.717, 1.165) is 22.9 Å². The van der Waals surface area contributed by atoms with E-state index in [0.29, 0.717) is 22.9 Å². The number of alkyl halides is 1. The van der Waals surface area contributed by atoms with Crippen LogP contribution in [0.5, 0.6) is 0 Å². The Labute approximate surface area is 176 Å². The van der Waals surface area contributed by atoms with Gasteiger partial charge in [0.05, 0.1) is 34.2 Å². The number of halogens is 1. The van der Waals surface area contributed by atoms with Gasteiger partial charge in [-0.15, -0.1) is 0 Å². The second kappa shape index (κ2) is 7.53. The van der Waals surface area contributed by atoms with Crippen LogP contribution in [0.15, 0.2) is 48.7 Å². The first-order valence-corrected chi connectivity index (χ1v) is 10.5. The first kappa shape index (κ1) is 18.7. The lowest BCUT2D eigenvalue weighted by Gasteiger charge is -2.10. The van der Waals surface area contributed by atoms with E-state index < -0.39 is 12.6 Å². The second-order valence-corrected chi connectivity index (χ2v) is 8.36. The van der Waals surface area contributed by atoms with E-state index in [1.54, 1.807) is 22.9 Å². The van der Waals surface area contributed by atoms with Gasteiger partial charge in [-0.05, 0) is 42.2 Å². The lowest BCUT2D eigenvalue weighted by Crippen LogP contribution is -2.19. The van der Waals surface area contributed by atoms with Crippen molar-refractivity contribution in [2.45, 2.75) is 25.4 Å². The van der Waals surface area contributed by atoms with Crippen molar-refractivity contribution in [1.82, 2.24) is 14.5 Å². The molecule has 1 aliphatic rings. The summed E-state index contributed by atoms with van der Waals surface area (Å²) >= 11 is 1.47. The summed E-state index contributed by atoms with van der Waals surface area (Å²) in [5.41, 5.74) is 4.13. The Morgan fingerprint density at radius 1 is 1.23 bits per heavy atom. The van der Waals surface area contributed by atoms with Crippen molar-refractivity contribution in [3.05, 3.63) is 65.4 Å². The Hall–Kier alpha value is -3.26. The molecule has 0 unspecified atom stereocenters. The first-order chi connectivity index (χ1) is 14.6. The third-order valence-electron chi connectivity index (χ3n) is 5.41. The maximum atomic E-state index is 13.3. The van der Waals surface area contributed by atoms with Crippen LogP contribution in [0.4, 0.5) is 9.52 Å². The molecule has 2 aromatic carbocycles. The highest BCUT2D eigenvalue weighted by atomic mass is 32.1. The summed E-state index contributed by atoms with van der Waals surface area (Å²) in [6.07, 6.45) is 3.66. The van der Waals surface area contributed by atoms with Crippen LogP contribution in [0.25, 0.3) is 21.7 Å². The van der Waals surface area contributed by atoms with E-state index in [1.165, 1.54) is 28.5 Å². The summed E-state index contributed by atoms with van der Waals surface area (Å²) in [6.45, 7) is -0.465. The number of aryl methyl sites for hydroxylation is 1. The number of anilines is 1. The van der Waals surface area contributed by atoms with Gasteiger partial charge in [0.1, 0.15) is 6.67 Å². The van der Waals surface area contributed by atoms with E-state index in [1.807, 2.05) is 0 Å². The third-order valence-corrected chi connectivity index (χ3v) is 6.33. The van der Waals surface area contributed by atoms with Gasteiger partial charge in [-0.1, -0.05) is 35.6 Å². The van der Waals surface area contributed by atoms with Crippen LogP contribution in [-0.2, 0) is 19.4 Å². The molecule has 8 heteroatoms. The predicted octanol–water partition coefficient (Wildman–Crippen LogP) is 4.41. The van der Waals surface area contributed by atoms with E-state index >= 15 is 0 Å². The number of hydrogen-bond acceptors (Lipinski definition) is 5. The monoisotopic (exact) mass is 422 g/mol. The zero-order valence-electron chi connectivity index (χ0n) is 16.0. The van der Waals surface area contributed by atoms with Crippen LogP contribution in [0.3, 0.4) is 0 Å². The smallest absolute Gasteiger partial charge is 0.335 e. The molecule has 6 nitrogen and oxygen atoms in total. The van der Waals surface area contributed by atoms with E-state index in [2.05, 4.69) is 39.6 Å². The van der Waals surface area contributed by atoms with E-state index in [-0.39, 0.29) is 12.1 Å². The average molecular weight is 422 g/mol. The highest BCUT2D eigenvalue weighted by molar-refractivity contribution is 7.18. The number of imidazole rings is 1. The lowest BCUT2D eigenvalue weighted by molar-refractivity contribution is 0.0697. The number of aromatic nitrogens is 3. The highest BCUT2D eigenvalue weighted by Gasteiger charge is 2.22. The molecule has 0 radical (unpaired) electrons. The number of nitrogens with one attached hydrogen (secondary N) is 1. The average Bonchev–Trinajstić information content (AvgIpc) is 3.45. The molecule has 0 fully saturated rings. The van der Waals surface area contributed by atoms with Gasteiger partial charge in [-0.3, -0.25) is 0 Å². The number of nitrogens with zero attached hydrogens (tertiary/aromatic N) is 3. The number of rotatable bonds is 6. The number of hydrogen-bond donors (Lipinski definition) is 2. The van der Waals surface area contributed by atoms with Crippen molar-refractivity contribution < 1.29 is 14.3 Å². The molecule has 4 aromatic rings. The minimum Gasteiger partial charge on any atom is -0.478 e. The number of carboxylic acid groups (broad SMARTS) is 1. The molecule has 0 atom stereocenters. The fourth-order valence-corrected chi connectivity index (χ4v) is 4.93. The van der Waals surface area contributed by atoms with E-state index in [9.17, 15) is 14.3 Å². The number of thiazole rings is 1. The van der Waals surface area contributed by atoms with Gasteiger partial charge in [0.25, 0.3) is 0 Å². The Kier molecular flexibility index (Phi) is 4.71. The van der Waals surface area contributed by atoms with Crippen LogP contribution in [0.1, 0.15) is 21.5 Å². The molecular weight excluding hydrogens is 403 g/mol. The largest absolute Gasteiger partial charge is 0.478 e. The van der Waals surface area contributed by atoms with Gasteiger partial charge in [0, 0.05) is 6.04 Å². The topological polar surface area (TPSA) is 80.0 Å². The fraction of sp³-hybridized carbons (Fsp3) is 0.227. The van der Waals surface area contributed by atoms with Crippen molar-refractivity contribution in [2.24, 2.45) is 0 Å². The number of benzene rings is 2. The molecule has 2 heterocycles. The molecule has 2 aromatic heterocycles. The van der Waals surface area contributed by atoms with Gasteiger partial charge < -0.3 is 15.0 Å². The molecule has 152 valence electrons.